The fourth-order valence-electron chi connectivity index (χ4n) is 2.71. The van der Waals surface area contributed by atoms with E-state index < -0.39 is 0 Å². The summed E-state index contributed by atoms with van der Waals surface area (Å²) >= 11 is 0. The van der Waals surface area contributed by atoms with E-state index in [2.05, 4.69) is 36.9 Å². The minimum absolute atomic E-state index is 0.228. The van der Waals surface area contributed by atoms with Gasteiger partial charge in [0.1, 0.15) is 12.4 Å². The van der Waals surface area contributed by atoms with Crippen LogP contribution in [-0.4, -0.2) is 30.6 Å². The third kappa shape index (κ3) is 3.48. The number of nitrogens with zero attached hydrogens (tertiary/aromatic N) is 2. The standard InChI is InChI=1S/C16H22N2O/c1-13-6-5-7-14(2)16(13)19-12-15(8-9-17)18-10-3-4-11-18/h5-7,15H,3-4,8,10-12H2,1-2H3. The van der Waals surface area contributed by atoms with Crippen LogP contribution in [0, 0.1) is 25.2 Å². The van der Waals surface area contributed by atoms with E-state index in [1.54, 1.807) is 0 Å². The van der Waals surface area contributed by atoms with E-state index in [-0.39, 0.29) is 6.04 Å². The van der Waals surface area contributed by atoms with Crippen molar-refractivity contribution in [3.05, 3.63) is 29.3 Å². The highest BCUT2D eigenvalue weighted by molar-refractivity contribution is 5.39. The van der Waals surface area contributed by atoms with E-state index in [1.165, 1.54) is 12.8 Å². The summed E-state index contributed by atoms with van der Waals surface area (Å²) in [5, 5.41) is 8.97. The van der Waals surface area contributed by atoms with Crippen LogP contribution in [0.3, 0.4) is 0 Å². The Morgan fingerprint density at radius 2 is 1.89 bits per heavy atom. The number of benzene rings is 1. The smallest absolute Gasteiger partial charge is 0.125 e. The first-order valence-corrected chi connectivity index (χ1v) is 7.02. The summed E-state index contributed by atoms with van der Waals surface area (Å²) in [7, 11) is 0. The maximum Gasteiger partial charge on any atom is 0.125 e. The molecule has 3 nitrogen and oxygen atoms in total. The minimum Gasteiger partial charge on any atom is -0.491 e. The van der Waals surface area contributed by atoms with Crippen LogP contribution in [0.4, 0.5) is 0 Å². The molecule has 19 heavy (non-hydrogen) atoms. The monoisotopic (exact) mass is 258 g/mol. The Hall–Kier alpha value is -1.53. The molecule has 0 aliphatic carbocycles. The van der Waals surface area contributed by atoms with Gasteiger partial charge in [-0.05, 0) is 50.9 Å². The van der Waals surface area contributed by atoms with Crippen LogP contribution in [0.5, 0.6) is 5.75 Å². The van der Waals surface area contributed by atoms with Gasteiger partial charge in [-0.25, -0.2) is 0 Å². The van der Waals surface area contributed by atoms with Crippen LogP contribution >= 0.6 is 0 Å². The Kier molecular flexibility index (Phi) is 4.81. The molecule has 1 aromatic rings. The highest BCUT2D eigenvalue weighted by atomic mass is 16.5. The molecule has 1 aromatic carbocycles. The Balaban J connectivity index is 2.00. The molecule has 0 bridgehead atoms. The van der Waals surface area contributed by atoms with Crippen LogP contribution in [0.1, 0.15) is 30.4 Å². The summed E-state index contributed by atoms with van der Waals surface area (Å²) < 4.78 is 6.00. The number of nitriles is 1. The summed E-state index contributed by atoms with van der Waals surface area (Å²) in [5.74, 6) is 0.977. The topological polar surface area (TPSA) is 36.3 Å². The van der Waals surface area contributed by atoms with Gasteiger partial charge in [0.15, 0.2) is 0 Å². The summed E-state index contributed by atoms with van der Waals surface area (Å²) in [5.41, 5.74) is 2.33. The summed E-state index contributed by atoms with van der Waals surface area (Å²) in [6, 6.07) is 8.70. The molecular formula is C16H22N2O. The van der Waals surface area contributed by atoms with Gasteiger partial charge in [0.2, 0.25) is 0 Å². The molecule has 3 heteroatoms. The van der Waals surface area contributed by atoms with E-state index >= 15 is 0 Å². The van der Waals surface area contributed by atoms with Gasteiger partial charge >= 0.3 is 0 Å². The minimum atomic E-state index is 0.228. The van der Waals surface area contributed by atoms with E-state index in [0.717, 1.165) is 30.0 Å². The van der Waals surface area contributed by atoms with Crippen molar-refractivity contribution >= 4 is 0 Å². The lowest BCUT2D eigenvalue weighted by Gasteiger charge is -2.26. The van der Waals surface area contributed by atoms with Crippen molar-refractivity contribution in [2.24, 2.45) is 0 Å². The van der Waals surface area contributed by atoms with E-state index in [9.17, 15) is 0 Å². The zero-order chi connectivity index (χ0) is 13.7. The predicted molar refractivity (Wildman–Crippen MR) is 76.2 cm³/mol. The van der Waals surface area contributed by atoms with Crippen LogP contribution in [0.15, 0.2) is 18.2 Å². The number of likely N-dealkylation sites (tertiary alicyclic amines) is 1. The lowest BCUT2D eigenvalue weighted by molar-refractivity contribution is 0.161. The first-order valence-electron chi connectivity index (χ1n) is 7.02. The number of ether oxygens (including phenoxy) is 1. The average Bonchev–Trinajstić information content (AvgIpc) is 2.90. The SMILES string of the molecule is Cc1cccc(C)c1OCC(CC#N)N1CCCC1. The Bertz CT molecular complexity index is 438. The van der Waals surface area contributed by atoms with Gasteiger partial charge in [-0.15, -0.1) is 0 Å². The van der Waals surface area contributed by atoms with Crippen LogP contribution < -0.4 is 4.74 Å². The highest BCUT2D eigenvalue weighted by Gasteiger charge is 2.22. The lowest BCUT2D eigenvalue weighted by atomic mass is 10.1. The van der Waals surface area contributed by atoms with E-state index in [1.807, 2.05) is 6.07 Å². The van der Waals surface area contributed by atoms with Crippen molar-refractivity contribution in [3.8, 4) is 11.8 Å². The molecule has 0 N–H and O–H groups in total. The zero-order valence-corrected chi connectivity index (χ0v) is 11.9. The van der Waals surface area contributed by atoms with Crippen molar-refractivity contribution in [2.45, 2.75) is 39.2 Å². The van der Waals surface area contributed by atoms with Gasteiger partial charge in [0, 0.05) is 0 Å². The molecule has 2 rings (SSSR count). The van der Waals surface area contributed by atoms with Gasteiger partial charge in [-0.2, -0.15) is 5.26 Å². The Labute approximate surface area is 115 Å². The first-order chi connectivity index (χ1) is 9.22. The molecule has 0 spiro atoms. The van der Waals surface area contributed by atoms with Crippen molar-refractivity contribution < 1.29 is 4.74 Å². The van der Waals surface area contributed by atoms with Gasteiger partial charge in [0.25, 0.3) is 0 Å². The van der Waals surface area contributed by atoms with Gasteiger partial charge < -0.3 is 4.74 Å². The van der Waals surface area contributed by atoms with Crippen molar-refractivity contribution in [1.29, 1.82) is 5.26 Å². The van der Waals surface area contributed by atoms with Gasteiger partial charge in [0.05, 0.1) is 18.5 Å². The normalized spacial score (nSPS) is 17.1. The molecule has 1 saturated heterocycles. The van der Waals surface area contributed by atoms with Crippen LogP contribution in [0.2, 0.25) is 0 Å². The summed E-state index contributed by atoms with van der Waals surface area (Å²) in [6.45, 7) is 6.94. The highest BCUT2D eigenvalue weighted by Crippen LogP contribution is 2.23. The quantitative estimate of drug-likeness (QED) is 0.814. The molecule has 0 aromatic heterocycles. The van der Waals surface area contributed by atoms with Gasteiger partial charge in [-0.1, -0.05) is 18.2 Å². The number of para-hydroxylation sites is 1. The fourth-order valence-corrected chi connectivity index (χ4v) is 2.71. The third-order valence-electron chi connectivity index (χ3n) is 3.81. The molecule has 1 aliphatic rings. The zero-order valence-electron chi connectivity index (χ0n) is 11.9. The molecule has 0 amide bonds. The third-order valence-corrected chi connectivity index (χ3v) is 3.81. The van der Waals surface area contributed by atoms with E-state index in [4.69, 9.17) is 10.00 Å². The molecule has 0 radical (unpaired) electrons. The molecule has 102 valence electrons. The second-order valence-corrected chi connectivity index (χ2v) is 5.29. The average molecular weight is 258 g/mol. The number of hydrogen-bond donors (Lipinski definition) is 0. The van der Waals surface area contributed by atoms with Crippen LogP contribution in [0.25, 0.3) is 0 Å². The molecular weight excluding hydrogens is 236 g/mol. The summed E-state index contributed by atoms with van der Waals surface area (Å²) in [4.78, 5) is 2.39. The molecule has 1 unspecified atom stereocenters. The molecule has 1 fully saturated rings. The number of aryl methyl sites for hydroxylation is 2. The molecule has 1 atom stereocenters. The Morgan fingerprint density at radius 3 is 2.47 bits per heavy atom. The van der Waals surface area contributed by atoms with E-state index in [0.29, 0.717) is 13.0 Å². The number of rotatable bonds is 5. The second-order valence-electron chi connectivity index (χ2n) is 5.29. The summed E-state index contributed by atoms with van der Waals surface area (Å²) in [6.07, 6.45) is 3.03. The van der Waals surface area contributed by atoms with Crippen LogP contribution in [-0.2, 0) is 0 Å². The van der Waals surface area contributed by atoms with Gasteiger partial charge in [-0.3, -0.25) is 4.90 Å². The van der Waals surface area contributed by atoms with Crippen molar-refractivity contribution in [1.82, 2.24) is 4.90 Å². The van der Waals surface area contributed by atoms with Crippen molar-refractivity contribution in [2.75, 3.05) is 19.7 Å². The molecule has 1 heterocycles. The maximum atomic E-state index is 8.97. The molecule has 1 aliphatic heterocycles. The Morgan fingerprint density at radius 1 is 1.26 bits per heavy atom. The molecule has 0 saturated carbocycles. The maximum absolute atomic E-state index is 8.97. The largest absolute Gasteiger partial charge is 0.491 e. The fraction of sp³-hybridized carbons (Fsp3) is 0.562. The number of hydrogen-bond acceptors (Lipinski definition) is 3. The second kappa shape index (κ2) is 6.58. The first kappa shape index (κ1) is 13.9. The van der Waals surface area contributed by atoms with Crippen molar-refractivity contribution in [3.63, 3.8) is 0 Å². The predicted octanol–water partition coefficient (Wildman–Crippen LogP) is 3.06. The lowest BCUT2D eigenvalue weighted by Crippen LogP contribution is -2.37.